The van der Waals surface area contributed by atoms with Crippen molar-refractivity contribution >= 4 is 22.9 Å². The standard InChI is InChI=1S/C9H9N5O2/c10-7-6(16-9(11)14-15)4-5-2-1-3-12-8(5)13-7/h1-4,15H,(H2,11,14)(H2,10,12,13). The number of nitrogens with zero attached hydrogens (tertiary/aromatic N) is 3. The lowest BCUT2D eigenvalue weighted by molar-refractivity contribution is 0.302. The fraction of sp³-hybridized carbons (Fsp3) is 0. The van der Waals surface area contributed by atoms with Gasteiger partial charge in [-0.25, -0.2) is 9.97 Å². The molecule has 0 aliphatic heterocycles. The molecule has 0 atom stereocenters. The third-order valence-corrected chi connectivity index (χ3v) is 1.90. The van der Waals surface area contributed by atoms with E-state index in [1.165, 1.54) is 0 Å². The number of nitrogen functional groups attached to an aromatic ring is 1. The van der Waals surface area contributed by atoms with Gasteiger partial charge in [-0.3, -0.25) is 0 Å². The van der Waals surface area contributed by atoms with E-state index in [0.717, 1.165) is 5.39 Å². The summed E-state index contributed by atoms with van der Waals surface area (Å²) < 4.78 is 4.96. The molecule has 0 saturated carbocycles. The largest absolute Gasteiger partial charge is 0.420 e. The molecule has 7 nitrogen and oxygen atoms in total. The second kappa shape index (κ2) is 3.89. The second-order valence-electron chi connectivity index (χ2n) is 2.96. The SMILES string of the molecule is NC(=NO)Oc1cc2cccnc2nc1N. The third-order valence-electron chi connectivity index (χ3n) is 1.90. The van der Waals surface area contributed by atoms with Crippen molar-refractivity contribution in [1.82, 2.24) is 9.97 Å². The van der Waals surface area contributed by atoms with Crippen LogP contribution in [0.3, 0.4) is 0 Å². The van der Waals surface area contributed by atoms with Gasteiger partial charge >= 0.3 is 6.02 Å². The lowest BCUT2D eigenvalue weighted by Crippen LogP contribution is -2.20. The van der Waals surface area contributed by atoms with E-state index in [0.29, 0.717) is 5.65 Å². The maximum Gasteiger partial charge on any atom is 0.326 e. The molecule has 0 fully saturated rings. The van der Waals surface area contributed by atoms with Gasteiger partial charge in [-0.2, -0.15) is 0 Å². The zero-order chi connectivity index (χ0) is 11.5. The summed E-state index contributed by atoms with van der Waals surface area (Å²) in [7, 11) is 0. The van der Waals surface area contributed by atoms with Crippen LogP contribution in [0.15, 0.2) is 29.6 Å². The van der Waals surface area contributed by atoms with Gasteiger partial charge in [-0.05, 0) is 23.4 Å². The number of rotatable bonds is 1. The lowest BCUT2D eigenvalue weighted by atomic mass is 10.3. The number of nitrogens with two attached hydrogens (primary N) is 2. The molecule has 2 aromatic heterocycles. The van der Waals surface area contributed by atoms with E-state index in [9.17, 15) is 0 Å². The number of fused-ring (bicyclic) bond motifs is 1. The number of amidine groups is 1. The van der Waals surface area contributed by atoms with Crippen LogP contribution in [-0.2, 0) is 0 Å². The fourth-order valence-electron chi connectivity index (χ4n) is 1.21. The molecule has 0 aliphatic carbocycles. The molecule has 0 aliphatic rings. The van der Waals surface area contributed by atoms with Crippen LogP contribution in [0.2, 0.25) is 0 Å². The van der Waals surface area contributed by atoms with Crippen molar-refractivity contribution in [2.24, 2.45) is 10.9 Å². The molecule has 0 saturated heterocycles. The molecule has 0 unspecified atom stereocenters. The van der Waals surface area contributed by atoms with Crippen LogP contribution in [0.4, 0.5) is 5.82 Å². The number of ether oxygens (including phenoxy) is 1. The van der Waals surface area contributed by atoms with Gasteiger partial charge in [0.05, 0.1) is 0 Å². The maximum atomic E-state index is 8.36. The van der Waals surface area contributed by atoms with Gasteiger partial charge in [0.1, 0.15) is 0 Å². The van der Waals surface area contributed by atoms with Crippen molar-refractivity contribution in [2.45, 2.75) is 0 Å². The highest BCUT2D eigenvalue weighted by atomic mass is 16.5. The van der Waals surface area contributed by atoms with Crippen molar-refractivity contribution in [3.63, 3.8) is 0 Å². The predicted molar refractivity (Wildman–Crippen MR) is 58.0 cm³/mol. The molecule has 0 spiro atoms. The van der Waals surface area contributed by atoms with E-state index in [-0.39, 0.29) is 11.6 Å². The van der Waals surface area contributed by atoms with E-state index < -0.39 is 6.02 Å². The van der Waals surface area contributed by atoms with Crippen LogP contribution < -0.4 is 16.2 Å². The minimum absolute atomic E-state index is 0.123. The van der Waals surface area contributed by atoms with Gasteiger partial charge in [-0.15, -0.1) is 0 Å². The Kier molecular flexibility index (Phi) is 2.42. The molecular weight excluding hydrogens is 210 g/mol. The smallest absolute Gasteiger partial charge is 0.326 e. The lowest BCUT2D eigenvalue weighted by Gasteiger charge is -2.06. The Hall–Kier alpha value is -2.57. The Morgan fingerprint density at radius 3 is 3.06 bits per heavy atom. The van der Waals surface area contributed by atoms with E-state index >= 15 is 0 Å². The Balaban J connectivity index is 2.50. The van der Waals surface area contributed by atoms with Gasteiger partial charge < -0.3 is 21.4 Å². The Bertz CT molecular complexity index is 555. The van der Waals surface area contributed by atoms with Crippen LogP contribution in [0, 0.1) is 0 Å². The highest BCUT2D eigenvalue weighted by Gasteiger charge is 2.07. The van der Waals surface area contributed by atoms with E-state index in [1.807, 2.05) is 0 Å². The summed E-state index contributed by atoms with van der Waals surface area (Å²) in [5.74, 6) is 0.341. The van der Waals surface area contributed by atoms with Crippen LogP contribution in [0.5, 0.6) is 5.75 Å². The summed E-state index contributed by atoms with van der Waals surface area (Å²) in [5.41, 5.74) is 11.3. The minimum Gasteiger partial charge on any atom is -0.420 e. The molecule has 0 aromatic carbocycles. The molecule has 7 heteroatoms. The van der Waals surface area contributed by atoms with Gasteiger partial charge in [0, 0.05) is 11.6 Å². The number of aromatic nitrogens is 2. The molecule has 16 heavy (non-hydrogen) atoms. The molecule has 82 valence electrons. The van der Waals surface area contributed by atoms with Crippen molar-refractivity contribution in [3.8, 4) is 5.75 Å². The molecule has 2 heterocycles. The Morgan fingerprint density at radius 1 is 1.50 bits per heavy atom. The molecule has 5 N–H and O–H groups in total. The normalized spacial score (nSPS) is 11.6. The summed E-state index contributed by atoms with van der Waals surface area (Å²) in [4.78, 5) is 8.04. The van der Waals surface area contributed by atoms with Crippen LogP contribution in [0.25, 0.3) is 11.0 Å². The van der Waals surface area contributed by atoms with Crippen LogP contribution in [0.1, 0.15) is 0 Å². The molecule has 0 amide bonds. The maximum absolute atomic E-state index is 8.36. The number of hydrogen-bond acceptors (Lipinski definition) is 6. The van der Waals surface area contributed by atoms with E-state index in [1.54, 1.807) is 24.4 Å². The van der Waals surface area contributed by atoms with Gasteiger partial charge in [0.2, 0.25) is 0 Å². The van der Waals surface area contributed by atoms with Crippen molar-refractivity contribution in [2.75, 3.05) is 5.73 Å². The number of pyridine rings is 2. The van der Waals surface area contributed by atoms with Crippen molar-refractivity contribution in [1.29, 1.82) is 0 Å². The van der Waals surface area contributed by atoms with Crippen LogP contribution in [-0.4, -0.2) is 21.2 Å². The van der Waals surface area contributed by atoms with Gasteiger partial charge in [0.15, 0.2) is 17.2 Å². The Labute approximate surface area is 90.4 Å². The molecule has 0 bridgehead atoms. The van der Waals surface area contributed by atoms with Crippen LogP contribution >= 0.6 is 0 Å². The number of oxime groups is 1. The molecular formula is C9H9N5O2. The first-order valence-electron chi connectivity index (χ1n) is 4.37. The quantitative estimate of drug-likeness (QED) is 0.274. The van der Waals surface area contributed by atoms with E-state index in [4.69, 9.17) is 21.4 Å². The fourth-order valence-corrected chi connectivity index (χ4v) is 1.21. The highest BCUT2D eigenvalue weighted by molar-refractivity contribution is 5.82. The van der Waals surface area contributed by atoms with Crippen molar-refractivity contribution in [3.05, 3.63) is 24.4 Å². The number of hydrogen-bond donors (Lipinski definition) is 3. The van der Waals surface area contributed by atoms with Gasteiger partial charge in [-0.1, -0.05) is 0 Å². The summed E-state index contributed by atoms with van der Waals surface area (Å²) in [5, 5.41) is 11.8. The average molecular weight is 219 g/mol. The predicted octanol–water partition coefficient (Wildman–Crippen LogP) is 0.295. The summed E-state index contributed by atoms with van der Waals surface area (Å²) in [6, 6.07) is 4.76. The molecule has 2 aromatic rings. The average Bonchev–Trinajstić information content (AvgIpc) is 2.30. The van der Waals surface area contributed by atoms with Crippen molar-refractivity contribution < 1.29 is 9.94 Å². The zero-order valence-electron chi connectivity index (χ0n) is 8.16. The first kappa shape index (κ1) is 9.97. The topological polar surface area (TPSA) is 120 Å². The summed E-state index contributed by atoms with van der Waals surface area (Å²) in [6.45, 7) is 0. The molecule has 2 rings (SSSR count). The Morgan fingerprint density at radius 2 is 2.31 bits per heavy atom. The molecule has 0 radical (unpaired) electrons. The number of anilines is 1. The zero-order valence-corrected chi connectivity index (χ0v) is 8.16. The summed E-state index contributed by atoms with van der Waals surface area (Å²) >= 11 is 0. The monoisotopic (exact) mass is 219 g/mol. The van der Waals surface area contributed by atoms with E-state index in [2.05, 4.69) is 15.1 Å². The minimum atomic E-state index is -0.406. The third kappa shape index (κ3) is 1.78. The highest BCUT2D eigenvalue weighted by Crippen LogP contribution is 2.23. The first-order valence-corrected chi connectivity index (χ1v) is 4.37. The van der Waals surface area contributed by atoms with Gasteiger partial charge in [0.25, 0.3) is 0 Å². The second-order valence-corrected chi connectivity index (χ2v) is 2.96. The first-order chi connectivity index (χ1) is 7.70. The summed E-state index contributed by atoms with van der Waals surface area (Å²) in [6.07, 6.45) is 1.61.